The van der Waals surface area contributed by atoms with E-state index in [2.05, 4.69) is 10.3 Å². The molecule has 0 aromatic carbocycles. The van der Waals surface area contributed by atoms with Gasteiger partial charge >= 0.3 is 5.69 Å². The van der Waals surface area contributed by atoms with E-state index in [4.69, 9.17) is 0 Å². The lowest BCUT2D eigenvalue weighted by molar-refractivity contribution is -0.124. The van der Waals surface area contributed by atoms with Crippen molar-refractivity contribution in [1.82, 2.24) is 29.2 Å². The van der Waals surface area contributed by atoms with Gasteiger partial charge in [0.25, 0.3) is 11.5 Å². The number of nitrogens with zero attached hydrogens (tertiary/aromatic N) is 5. The second-order valence-electron chi connectivity index (χ2n) is 8.64. The van der Waals surface area contributed by atoms with Gasteiger partial charge in [-0.1, -0.05) is 0 Å². The molecule has 2 aromatic rings. The molecule has 30 heavy (non-hydrogen) atoms. The minimum atomic E-state index is -0.494. The van der Waals surface area contributed by atoms with Gasteiger partial charge in [0.05, 0.1) is 11.9 Å². The van der Waals surface area contributed by atoms with Gasteiger partial charge in [-0.15, -0.1) is 0 Å². The number of piperazine rings is 1. The molecule has 1 aliphatic rings. The summed E-state index contributed by atoms with van der Waals surface area (Å²) in [6.45, 7) is 8.19. The summed E-state index contributed by atoms with van der Waals surface area (Å²) < 4.78 is 2.28. The first-order chi connectivity index (χ1) is 14.0. The third-order valence-electron chi connectivity index (χ3n) is 5.06. The zero-order chi connectivity index (χ0) is 22.2. The Labute approximate surface area is 174 Å². The summed E-state index contributed by atoms with van der Waals surface area (Å²) in [5.74, 6) is -0.301. The largest absolute Gasteiger partial charge is 0.350 e. The summed E-state index contributed by atoms with van der Waals surface area (Å²) in [6.07, 6.45) is 0. The van der Waals surface area contributed by atoms with Crippen LogP contribution >= 0.6 is 0 Å². The second kappa shape index (κ2) is 8.02. The van der Waals surface area contributed by atoms with Gasteiger partial charge in [-0.05, 0) is 32.9 Å². The van der Waals surface area contributed by atoms with Crippen LogP contribution in [0.1, 0.15) is 31.3 Å². The Bertz CT molecular complexity index is 1100. The van der Waals surface area contributed by atoms with E-state index < -0.39 is 11.2 Å². The minimum Gasteiger partial charge on any atom is -0.350 e. The number of hydrogen-bond donors (Lipinski definition) is 1. The molecule has 0 atom stereocenters. The Morgan fingerprint density at radius 3 is 2.27 bits per heavy atom. The monoisotopic (exact) mass is 416 g/mol. The molecule has 0 unspecified atom stereocenters. The first-order valence-electron chi connectivity index (χ1n) is 9.87. The Morgan fingerprint density at radius 1 is 1.03 bits per heavy atom. The van der Waals surface area contributed by atoms with Crippen molar-refractivity contribution in [3.63, 3.8) is 0 Å². The van der Waals surface area contributed by atoms with Gasteiger partial charge in [0.2, 0.25) is 5.91 Å². The van der Waals surface area contributed by atoms with Crippen LogP contribution in [0.3, 0.4) is 0 Å². The van der Waals surface area contributed by atoms with Gasteiger partial charge in [-0.2, -0.15) is 0 Å². The Kier molecular flexibility index (Phi) is 5.80. The number of nitrogens with one attached hydrogen (secondary N) is 1. The van der Waals surface area contributed by atoms with E-state index in [-0.39, 0.29) is 34.1 Å². The number of aromatic nitrogens is 3. The average Bonchev–Trinajstić information content (AvgIpc) is 2.68. The van der Waals surface area contributed by atoms with Crippen LogP contribution in [-0.4, -0.2) is 74.0 Å². The fourth-order valence-electron chi connectivity index (χ4n) is 3.51. The van der Waals surface area contributed by atoms with Crippen molar-refractivity contribution in [3.05, 3.63) is 38.7 Å². The molecule has 0 saturated carbocycles. The highest BCUT2D eigenvalue weighted by molar-refractivity contribution is 5.94. The van der Waals surface area contributed by atoms with Gasteiger partial charge < -0.3 is 10.2 Å². The molecule has 2 aromatic heterocycles. The molecule has 10 heteroatoms. The lowest BCUT2D eigenvalue weighted by atomic mass is 10.1. The van der Waals surface area contributed by atoms with E-state index in [1.165, 1.54) is 30.8 Å². The number of rotatable bonds is 3. The van der Waals surface area contributed by atoms with E-state index in [0.29, 0.717) is 32.7 Å². The zero-order valence-corrected chi connectivity index (χ0v) is 18.1. The molecule has 1 N–H and O–H groups in total. The normalized spacial score (nSPS) is 15.4. The molecule has 10 nitrogen and oxygen atoms in total. The Balaban J connectivity index is 1.71. The number of aryl methyl sites for hydroxylation is 1. The SMILES string of the molecule is Cn1c(=O)c2ccc(C(=O)N3CCN(CC(=O)NC(C)(C)C)CC3)nc2n(C)c1=O. The molecule has 0 aliphatic carbocycles. The number of fused-ring (bicyclic) bond motifs is 1. The predicted octanol–water partition coefficient (Wildman–Crippen LogP) is -0.695. The van der Waals surface area contributed by atoms with Crippen molar-refractivity contribution in [3.8, 4) is 0 Å². The number of pyridine rings is 1. The van der Waals surface area contributed by atoms with Crippen LogP contribution in [0.25, 0.3) is 11.0 Å². The van der Waals surface area contributed by atoms with Crippen molar-refractivity contribution >= 4 is 22.8 Å². The standard InChI is InChI=1S/C20H28N6O4/c1-20(2,3)22-15(27)12-25-8-10-26(11-9-25)18(29)14-7-6-13-16(21-14)23(4)19(30)24(5)17(13)28/h6-7H,8-12H2,1-5H3,(H,22,27). The van der Waals surface area contributed by atoms with Crippen LogP contribution in [0.5, 0.6) is 0 Å². The topological polar surface area (TPSA) is 110 Å². The maximum absolute atomic E-state index is 12.9. The molecule has 162 valence electrons. The zero-order valence-electron chi connectivity index (χ0n) is 18.1. The maximum Gasteiger partial charge on any atom is 0.332 e. The molecule has 1 saturated heterocycles. The average molecular weight is 416 g/mol. The van der Waals surface area contributed by atoms with Crippen LogP contribution in [0.2, 0.25) is 0 Å². The third kappa shape index (κ3) is 4.43. The summed E-state index contributed by atoms with van der Waals surface area (Å²) in [7, 11) is 2.93. The molecule has 1 fully saturated rings. The predicted molar refractivity (Wildman–Crippen MR) is 112 cm³/mol. The van der Waals surface area contributed by atoms with Crippen LogP contribution in [0.4, 0.5) is 0 Å². The van der Waals surface area contributed by atoms with Gasteiger partial charge in [0.1, 0.15) is 11.3 Å². The van der Waals surface area contributed by atoms with Gasteiger partial charge in [0.15, 0.2) is 0 Å². The Hall–Kier alpha value is -3.01. The smallest absolute Gasteiger partial charge is 0.332 e. The summed E-state index contributed by atoms with van der Waals surface area (Å²) in [5, 5.41) is 3.22. The molecule has 3 heterocycles. The van der Waals surface area contributed by atoms with Crippen molar-refractivity contribution in [1.29, 1.82) is 0 Å². The van der Waals surface area contributed by atoms with Crippen LogP contribution in [0, 0.1) is 0 Å². The first-order valence-corrected chi connectivity index (χ1v) is 9.87. The van der Waals surface area contributed by atoms with Crippen LogP contribution in [-0.2, 0) is 18.9 Å². The van der Waals surface area contributed by atoms with E-state index in [9.17, 15) is 19.2 Å². The number of hydrogen-bond acceptors (Lipinski definition) is 6. The van der Waals surface area contributed by atoms with Gasteiger partial charge in [-0.25, -0.2) is 9.78 Å². The highest BCUT2D eigenvalue weighted by Gasteiger charge is 2.25. The summed E-state index contributed by atoms with van der Waals surface area (Å²) in [4.78, 5) is 57.4. The van der Waals surface area contributed by atoms with E-state index in [0.717, 1.165) is 4.57 Å². The van der Waals surface area contributed by atoms with Crippen molar-refractivity contribution in [2.24, 2.45) is 14.1 Å². The molecule has 1 aliphatic heterocycles. The van der Waals surface area contributed by atoms with E-state index >= 15 is 0 Å². The fraction of sp³-hybridized carbons (Fsp3) is 0.550. The third-order valence-corrected chi connectivity index (χ3v) is 5.06. The van der Waals surface area contributed by atoms with Crippen molar-refractivity contribution < 1.29 is 9.59 Å². The number of amides is 2. The summed E-state index contributed by atoms with van der Waals surface area (Å²) >= 11 is 0. The minimum absolute atomic E-state index is 0.0408. The molecule has 0 bridgehead atoms. The van der Waals surface area contributed by atoms with Crippen LogP contribution < -0.4 is 16.6 Å². The highest BCUT2D eigenvalue weighted by Crippen LogP contribution is 2.11. The number of carbonyl (C=O) groups excluding carboxylic acids is 2. The van der Waals surface area contributed by atoms with Crippen molar-refractivity contribution in [2.75, 3.05) is 32.7 Å². The highest BCUT2D eigenvalue weighted by atomic mass is 16.2. The maximum atomic E-state index is 12.9. The number of carbonyl (C=O) groups is 2. The second-order valence-corrected chi connectivity index (χ2v) is 8.64. The quantitative estimate of drug-likeness (QED) is 0.709. The summed E-state index contributed by atoms with van der Waals surface area (Å²) in [5.41, 5.74) is -0.845. The summed E-state index contributed by atoms with van der Waals surface area (Å²) in [6, 6.07) is 3.05. The lowest BCUT2D eigenvalue weighted by Gasteiger charge is -2.34. The fourth-order valence-corrected chi connectivity index (χ4v) is 3.51. The van der Waals surface area contributed by atoms with Crippen LogP contribution in [0.15, 0.2) is 21.7 Å². The molecule has 0 radical (unpaired) electrons. The first kappa shape index (κ1) is 21.7. The molecule has 2 amide bonds. The van der Waals surface area contributed by atoms with Gasteiger partial charge in [0, 0.05) is 45.8 Å². The molecular weight excluding hydrogens is 388 g/mol. The van der Waals surface area contributed by atoms with E-state index in [1.54, 1.807) is 4.90 Å². The van der Waals surface area contributed by atoms with Crippen molar-refractivity contribution in [2.45, 2.75) is 26.3 Å². The van der Waals surface area contributed by atoms with E-state index in [1.807, 2.05) is 25.7 Å². The van der Waals surface area contributed by atoms with Gasteiger partial charge in [-0.3, -0.25) is 28.4 Å². The molecule has 0 spiro atoms. The lowest BCUT2D eigenvalue weighted by Crippen LogP contribution is -2.53. The molecule has 3 rings (SSSR count). The Morgan fingerprint density at radius 2 is 1.67 bits per heavy atom. The molecular formula is C20H28N6O4.